The van der Waals surface area contributed by atoms with Gasteiger partial charge >= 0.3 is 6.18 Å². The molecule has 0 aliphatic heterocycles. The van der Waals surface area contributed by atoms with Crippen molar-refractivity contribution in [3.63, 3.8) is 0 Å². The first-order valence-electron chi connectivity index (χ1n) is 9.14. The number of carbonyl (C=O) groups excluding carboxylic acids is 1. The van der Waals surface area contributed by atoms with E-state index in [2.05, 4.69) is 15.3 Å². The number of amides is 1. The van der Waals surface area contributed by atoms with Gasteiger partial charge in [0.25, 0.3) is 0 Å². The summed E-state index contributed by atoms with van der Waals surface area (Å²) in [5.41, 5.74) is 5.71. The van der Waals surface area contributed by atoms with Crippen molar-refractivity contribution in [2.45, 2.75) is 39.9 Å². The molecule has 3 N–H and O–H groups in total. The Morgan fingerprint density at radius 2 is 1.83 bits per heavy atom. The van der Waals surface area contributed by atoms with E-state index >= 15 is 0 Å². The van der Waals surface area contributed by atoms with Crippen LogP contribution in [0.2, 0.25) is 0 Å². The van der Waals surface area contributed by atoms with Crippen LogP contribution >= 0.6 is 0 Å². The van der Waals surface area contributed by atoms with Crippen LogP contribution in [0, 0.1) is 18.7 Å². The lowest BCUT2D eigenvalue weighted by Gasteiger charge is -2.19. The quantitative estimate of drug-likeness (QED) is 0.536. The third kappa shape index (κ3) is 5.46. The zero-order valence-corrected chi connectivity index (χ0v) is 17.0. The molecule has 1 aromatic carbocycles. The Hall–Kier alpha value is -3.17. The van der Waals surface area contributed by atoms with Crippen LogP contribution in [0.5, 0.6) is 0 Å². The molecule has 30 heavy (non-hydrogen) atoms. The number of alkyl halides is 3. The Balaban J connectivity index is 2.28. The number of nitrogens with zero attached hydrogens (tertiary/aromatic N) is 3. The highest BCUT2D eigenvalue weighted by Gasteiger charge is 2.35. The van der Waals surface area contributed by atoms with Gasteiger partial charge in [-0.3, -0.25) is 9.79 Å². The Morgan fingerprint density at radius 1 is 1.23 bits per heavy atom. The van der Waals surface area contributed by atoms with Gasteiger partial charge in [-0.05, 0) is 44.0 Å². The summed E-state index contributed by atoms with van der Waals surface area (Å²) in [5.74, 6) is -1.11. The Bertz CT molecular complexity index is 959. The predicted octanol–water partition coefficient (Wildman–Crippen LogP) is 4.26. The molecule has 0 bridgehead atoms. The number of allylic oxidation sites excluding steroid dienone is 1. The summed E-state index contributed by atoms with van der Waals surface area (Å²) < 4.78 is 52.9. The number of aromatic nitrogens is 2. The van der Waals surface area contributed by atoms with Gasteiger partial charge in [-0.2, -0.15) is 13.2 Å². The van der Waals surface area contributed by atoms with Crippen molar-refractivity contribution in [2.75, 3.05) is 0 Å². The van der Waals surface area contributed by atoms with Gasteiger partial charge in [0.1, 0.15) is 17.7 Å². The molecule has 0 radical (unpaired) electrons. The molecule has 6 nitrogen and oxygen atoms in total. The molecule has 1 aromatic heterocycles. The van der Waals surface area contributed by atoms with Crippen LogP contribution in [-0.2, 0) is 11.0 Å². The van der Waals surface area contributed by atoms with E-state index < -0.39 is 29.6 Å². The normalized spacial score (nSPS) is 14.2. The lowest BCUT2D eigenvalue weighted by molar-refractivity contribution is -0.141. The van der Waals surface area contributed by atoms with Crippen molar-refractivity contribution in [3.8, 4) is 0 Å². The first-order chi connectivity index (χ1) is 13.9. The maximum absolute atomic E-state index is 13.1. The molecule has 2 aromatic rings. The van der Waals surface area contributed by atoms with Gasteiger partial charge in [-0.1, -0.05) is 13.8 Å². The van der Waals surface area contributed by atoms with E-state index in [0.717, 1.165) is 17.0 Å². The second-order valence-corrected chi connectivity index (χ2v) is 6.95. The van der Waals surface area contributed by atoms with Crippen molar-refractivity contribution in [1.29, 1.82) is 0 Å². The fourth-order valence-corrected chi connectivity index (χ4v) is 2.72. The smallest absolute Gasteiger partial charge is 0.403 e. The molecule has 162 valence electrons. The van der Waals surface area contributed by atoms with Crippen LogP contribution in [0.3, 0.4) is 0 Å². The lowest BCUT2D eigenvalue weighted by atomic mass is 10.0. The number of hydrogen-bond donors (Lipinski definition) is 2. The van der Waals surface area contributed by atoms with E-state index in [1.165, 1.54) is 38.1 Å². The molecule has 1 amide bonds. The van der Waals surface area contributed by atoms with E-state index in [0.29, 0.717) is 11.4 Å². The second kappa shape index (κ2) is 9.10. The molecule has 10 heteroatoms. The molecular formula is C20H23F4N5O. The van der Waals surface area contributed by atoms with Crippen LogP contribution in [0.4, 0.5) is 23.2 Å². The monoisotopic (exact) mass is 425 g/mol. The van der Waals surface area contributed by atoms with E-state index in [9.17, 15) is 22.4 Å². The topological polar surface area (TPSA) is 85.3 Å². The highest BCUT2D eigenvalue weighted by atomic mass is 19.4. The fraction of sp³-hybridized carbons (Fsp3) is 0.350. The van der Waals surface area contributed by atoms with E-state index in [-0.39, 0.29) is 17.4 Å². The zero-order chi connectivity index (χ0) is 22.6. The lowest BCUT2D eigenvalue weighted by Crippen LogP contribution is -2.35. The molecule has 0 aliphatic rings. The van der Waals surface area contributed by atoms with Gasteiger partial charge in [0.15, 0.2) is 5.69 Å². The molecule has 0 aliphatic carbocycles. The summed E-state index contributed by atoms with van der Waals surface area (Å²) in [6.07, 6.45) is -2.66. The van der Waals surface area contributed by atoms with Crippen molar-refractivity contribution < 1.29 is 22.4 Å². The number of benzene rings is 1. The highest BCUT2D eigenvalue weighted by Crippen LogP contribution is 2.29. The summed E-state index contributed by atoms with van der Waals surface area (Å²) >= 11 is 0. The number of imidazole rings is 1. The minimum atomic E-state index is -4.61. The summed E-state index contributed by atoms with van der Waals surface area (Å²) in [6.45, 7) is 6.49. The number of aliphatic imine (C=N–C) groups is 1. The average Bonchev–Trinajstić information content (AvgIpc) is 3.07. The Kier molecular flexibility index (Phi) is 7.01. The number of halogens is 4. The summed E-state index contributed by atoms with van der Waals surface area (Å²) in [6, 6.07) is 4.48. The van der Waals surface area contributed by atoms with Crippen LogP contribution in [-0.4, -0.2) is 21.2 Å². The van der Waals surface area contributed by atoms with Crippen LogP contribution in [0.25, 0.3) is 0 Å². The molecule has 0 saturated carbocycles. The standard InChI is InChI=1S/C20H23F4N5O/c1-11(2)18(27-15-7-5-14(21)6-8-15)16(9-25)28-19(30)12(3)29-10-17(20(22,23)24)26-13(29)4/h5-12H,25H2,1-4H3,(H,28,30). The first-order valence-corrected chi connectivity index (χ1v) is 9.14. The van der Waals surface area contributed by atoms with Crippen molar-refractivity contribution >= 4 is 17.3 Å². The van der Waals surface area contributed by atoms with Gasteiger partial charge in [0, 0.05) is 12.4 Å². The molecule has 0 saturated heterocycles. The van der Waals surface area contributed by atoms with E-state index in [1.54, 1.807) is 0 Å². The number of nitrogens with two attached hydrogens (primary N) is 1. The van der Waals surface area contributed by atoms with Crippen molar-refractivity contribution in [3.05, 3.63) is 59.7 Å². The van der Waals surface area contributed by atoms with Gasteiger partial charge in [-0.25, -0.2) is 9.37 Å². The Labute approximate surface area is 171 Å². The van der Waals surface area contributed by atoms with Gasteiger partial charge in [0.05, 0.1) is 17.1 Å². The number of nitrogens with one attached hydrogen (secondary N) is 1. The summed E-state index contributed by atoms with van der Waals surface area (Å²) in [4.78, 5) is 20.6. The number of carbonyl (C=O) groups is 1. The van der Waals surface area contributed by atoms with Crippen LogP contribution in [0.15, 0.2) is 47.4 Å². The van der Waals surface area contributed by atoms with Crippen LogP contribution in [0.1, 0.15) is 38.3 Å². The van der Waals surface area contributed by atoms with E-state index in [1.807, 2.05) is 13.8 Å². The van der Waals surface area contributed by atoms with Gasteiger partial charge < -0.3 is 15.6 Å². The predicted molar refractivity (Wildman–Crippen MR) is 105 cm³/mol. The minimum Gasteiger partial charge on any atom is -0.403 e. The third-order valence-corrected chi connectivity index (χ3v) is 4.33. The third-order valence-electron chi connectivity index (χ3n) is 4.33. The van der Waals surface area contributed by atoms with Gasteiger partial charge in [0.2, 0.25) is 5.91 Å². The molecule has 0 fully saturated rings. The van der Waals surface area contributed by atoms with Gasteiger partial charge in [-0.15, -0.1) is 0 Å². The molecule has 1 heterocycles. The Morgan fingerprint density at radius 3 is 2.30 bits per heavy atom. The zero-order valence-electron chi connectivity index (χ0n) is 17.0. The maximum atomic E-state index is 13.1. The van der Waals surface area contributed by atoms with Crippen molar-refractivity contribution in [1.82, 2.24) is 14.9 Å². The number of aryl methyl sites for hydroxylation is 1. The highest BCUT2D eigenvalue weighted by molar-refractivity contribution is 6.05. The molecule has 2 rings (SSSR count). The first kappa shape index (κ1) is 23.1. The summed E-state index contributed by atoms with van der Waals surface area (Å²) in [5, 5.41) is 2.62. The van der Waals surface area contributed by atoms with E-state index in [4.69, 9.17) is 5.73 Å². The largest absolute Gasteiger partial charge is 0.434 e. The summed E-state index contributed by atoms with van der Waals surface area (Å²) in [7, 11) is 0. The van der Waals surface area contributed by atoms with Crippen molar-refractivity contribution in [2.24, 2.45) is 16.6 Å². The number of rotatable bonds is 6. The average molecular weight is 425 g/mol. The molecular weight excluding hydrogens is 402 g/mol. The molecule has 1 atom stereocenters. The molecule has 1 unspecified atom stereocenters. The maximum Gasteiger partial charge on any atom is 0.434 e. The SMILES string of the molecule is Cc1nc(C(F)(F)F)cn1C(C)C(=O)NC(=CN)C(=Nc1ccc(F)cc1)C(C)C. The molecule has 0 spiro atoms. The second-order valence-electron chi connectivity index (χ2n) is 6.95. The fourth-order valence-electron chi connectivity index (χ4n) is 2.72. The number of hydrogen-bond acceptors (Lipinski definition) is 4. The minimum absolute atomic E-state index is 0.0484. The van der Waals surface area contributed by atoms with Crippen LogP contribution < -0.4 is 11.1 Å².